The van der Waals surface area contributed by atoms with E-state index in [0.29, 0.717) is 12.3 Å². The molecule has 1 rings (SSSR count). The van der Waals surface area contributed by atoms with Gasteiger partial charge in [-0.25, -0.2) is 4.39 Å². The molecule has 0 fully saturated rings. The van der Waals surface area contributed by atoms with Crippen LogP contribution in [0.3, 0.4) is 0 Å². The van der Waals surface area contributed by atoms with Crippen molar-refractivity contribution >= 4 is 12.0 Å². The van der Waals surface area contributed by atoms with Crippen molar-refractivity contribution in [2.24, 2.45) is 0 Å². The largest absolute Gasteiger partial charge is 0.496 e. The lowest BCUT2D eigenvalue weighted by atomic mass is 10.2. The molecule has 0 radical (unpaired) electrons. The average molecular weight is 223 g/mol. The quantitative estimate of drug-likeness (QED) is 0.847. The van der Waals surface area contributed by atoms with E-state index in [0.717, 1.165) is 5.56 Å². The van der Waals surface area contributed by atoms with Crippen LogP contribution in [0.5, 0.6) is 5.75 Å². The molecule has 1 N–H and O–H groups in total. The van der Waals surface area contributed by atoms with E-state index in [4.69, 9.17) is 4.74 Å². The molecule has 0 aromatic heterocycles. The Morgan fingerprint density at radius 2 is 2.31 bits per heavy atom. The highest BCUT2D eigenvalue weighted by Crippen LogP contribution is 2.20. The SMILES string of the molecule is COc1cc(F)ccc1C=CCNC(C)=O. The second-order valence-corrected chi connectivity index (χ2v) is 3.23. The minimum Gasteiger partial charge on any atom is -0.496 e. The Kier molecular flexibility index (Phi) is 4.51. The summed E-state index contributed by atoms with van der Waals surface area (Å²) in [7, 11) is 1.49. The maximum Gasteiger partial charge on any atom is 0.217 e. The van der Waals surface area contributed by atoms with Gasteiger partial charge in [0.1, 0.15) is 11.6 Å². The molecule has 0 heterocycles. The smallest absolute Gasteiger partial charge is 0.217 e. The van der Waals surface area contributed by atoms with Crippen LogP contribution >= 0.6 is 0 Å². The van der Waals surface area contributed by atoms with Gasteiger partial charge in [-0.15, -0.1) is 0 Å². The van der Waals surface area contributed by atoms with E-state index < -0.39 is 0 Å². The number of hydrogen-bond acceptors (Lipinski definition) is 2. The average Bonchev–Trinajstić information content (AvgIpc) is 2.25. The minimum absolute atomic E-state index is 0.0873. The first-order valence-electron chi connectivity index (χ1n) is 4.88. The van der Waals surface area contributed by atoms with E-state index in [-0.39, 0.29) is 11.7 Å². The first-order chi connectivity index (χ1) is 7.63. The Balaban J connectivity index is 2.69. The first kappa shape index (κ1) is 12.2. The van der Waals surface area contributed by atoms with Crippen molar-refractivity contribution in [3.8, 4) is 5.75 Å². The fraction of sp³-hybridized carbons (Fsp3) is 0.250. The van der Waals surface area contributed by atoms with Crippen LogP contribution in [0.2, 0.25) is 0 Å². The Hall–Kier alpha value is -1.84. The summed E-state index contributed by atoms with van der Waals surface area (Å²) in [6.07, 6.45) is 3.55. The van der Waals surface area contributed by atoms with Gasteiger partial charge in [0.25, 0.3) is 0 Å². The molecule has 0 bridgehead atoms. The summed E-state index contributed by atoms with van der Waals surface area (Å²) >= 11 is 0. The van der Waals surface area contributed by atoms with Crippen LogP contribution in [0.15, 0.2) is 24.3 Å². The molecule has 0 saturated heterocycles. The number of nitrogens with one attached hydrogen (secondary N) is 1. The predicted molar refractivity (Wildman–Crippen MR) is 60.7 cm³/mol. The molecule has 3 nitrogen and oxygen atoms in total. The molecule has 0 spiro atoms. The van der Waals surface area contributed by atoms with Crippen molar-refractivity contribution in [2.45, 2.75) is 6.92 Å². The summed E-state index contributed by atoms with van der Waals surface area (Å²) in [5.74, 6) is 0.0469. The topological polar surface area (TPSA) is 38.3 Å². The van der Waals surface area contributed by atoms with E-state index in [1.165, 1.54) is 26.2 Å². The molecule has 4 heteroatoms. The van der Waals surface area contributed by atoms with Crippen LogP contribution in [0.4, 0.5) is 4.39 Å². The van der Waals surface area contributed by atoms with Crippen molar-refractivity contribution in [1.29, 1.82) is 0 Å². The molecule has 0 atom stereocenters. The monoisotopic (exact) mass is 223 g/mol. The van der Waals surface area contributed by atoms with E-state index in [1.807, 2.05) is 0 Å². The molecular weight excluding hydrogens is 209 g/mol. The van der Waals surface area contributed by atoms with Crippen LogP contribution in [-0.4, -0.2) is 19.6 Å². The molecule has 0 unspecified atom stereocenters. The zero-order valence-corrected chi connectivity index (χ0v) is 9.29. The molecule has 16 heavy (non-hydrogen) atoms. The summed E-state index contributed by atoms with van der Waals surface area (Å²) in [4.78, 5) is 10.6. The maximum absolute atomic E-state index is 12.9. The highest BCUT2D eigenvalue weighted by Gasteiger charge is 2.00. The zero-order chi connectivity index (χ0) is 12.0. The van der Waals surface area contributed by atoms with Crippen molar-refractivity contribution in [3.05, 3.63) is 35.7 Å². The molecule has 86 valence electrons. The van der Waals surface area contributed by atoms with Gasteiger partial charge < -0.3 is 10.1 Å². The highest BCUT2D eigenvalue weighted by molar-refractivity contribution is 5.73. The van der Waals surface area contributed by atoms with Gasteiger partial charge in [-0.1, -0.05) is 12.2 Å². The first-order valence-corrected chi connectivity index (χ1v) is 4.88. The lowest BCUT2D eigenvalue weighted by molar-refractivity contribution is -0.118. The number of halogens is 1. The van der Waals surface area contributed by atoms with Gasteiger partial charge in [-0.2, -0.15) is 0 Å². The number of amides is 1. The molecular formula is C12H14FNO2. The zero-order valence-electron chi connectivity index (χ0n) is 9.29. The summed E-state index contributed by atoms with van der Waals surface area (Å²) in [6.45, 7) is 1.89. The fourth-order valence-corrected chi connectivity index (χ4v) is 1.21. The van der Waals surface area contributed by atoms with Crippen LogP contribution in [0, 0.1) is 5.82 Å². The van der Waals surface area contributed by atoms with Crippen LogP contribution in [0.25, 0.3) is 6.08 Å². The van der Waals surface area contributed by atoms with Gasteiger partial charge in [0.15, 0.2) is 0 Å². The van der Waals surface area contributed by atoms with Crippen molar-refractivity contribution in [3.63, 3.8) is 0 Å². The van der Waals surface area contributed by atoms with Crippen LogP contribution < -0.4 is 10.1 Å². The summed E-state index contributed by atoms with van der Waals surface area (Å²) in [5.41, 5.74) is 0.772. The maximum atomic E-state index is 12.9. The fourth-order valence-electron chi connectivity index (χ4n) is 1.21. The Morgan fingerprint density at radius 1 is 1.56 bits per heavy atom. The van der Waals surface area contributed by atoms with Crippen LogP contribution in [-0.2, 0) is 4.79 Å². The van der Waals surface area contributed by atoms with Gasteiger partial charge in [0, 0.05) is 25.1 Å². The number of methoxy groups -OCH3 is 1. The number of carbonyl (C=O) groups is 1. The normalized spacial score (nSPS) is 10.4. The van der Waals surface area contributed by atoms with Crippen LogP contribution in [0.1, 0.15) is 12.5 Å². The van der Waals surface area contributed by atoms with E-state index in [9.17, 15) is 9.18 Å². The Morgan fingerprint density at radius 3 is 2.94 bits per heavy atom. The second-order valence-electron chi connectivity index (χ2n) is 3.23. The third-order valence-corrected chi connectivity index (χ3v) is 1.96. The van der Waals surface area contributed by atoms with Crippen molar-refractivity contribution in [2.75, 3.05) is 13.7 Å². The van der Waals surface area contributed by atoms with E-state index in [2.05, 4.69) is 5.32 Å². The van der Waals surface area contributed by atoms with Gasteiger partial charge in [0.05, 0.1) is 7.11 Å². The van der Waals surface area contributed by atoms with Gasteiger partial charge in [-0.3, -0.25) is 4.79 Å². The van der Waals surface area contributed by atoms with E-state index in [1.54, 1.807) is 18.2 Å². The predicted octanol–water partition coefficient (Wildman–Crippen LogP) is 1.98. The summed E-state index contributed by atoms with van der Waals surface area (Å²) in [5, 5.41) is 2.62. The molecule has 1 aromatic carbocycles. The van der Waals surface area contributed by atoms with Gasteiger partial charge >= 0.3 is 0 Å². The summed E-state index contributed by atoms with van der Waals surface area (Å²) in [6, 6.07) is 4.30. The number of ether oxygens (including phenoxy) is 1. The minimum atomic E-state index is -0.337. The summed E-state index contributed by atoms with van der Waals surface area (Å²) < 4.78 is 17.9. The Labute approximate surface area is 93.9 Å². The van der Waals surface area contributed by atoms with E-state index >= 15 is 0 Å². The number of hydrogen-bond donors (Lipinski definition) is 1. The number of benzene rings is 1. The lowest BCUT2D eigenvalue weighted by Crippen LogP contribution is -2.19. The Bertz CT molecular complexity index is 402. The molecule has 1 aromatic rings. The molecule has 0 saturated carbocycles. The molecule has 0 aliphatic rings. The third kappa shape index (κ3) is 3.73. The molecule has 0 aliphatic heterocycles. The third-order valence-electron chi connectivity index (χ3n) is 1.96. The van der Waals surface area contributed by atoms with Gasteiger partial charge in [0.2, 0.25) is 5.91 Å². The number of rotatable bonds is 4. The highest BCUT2D eigenvalue weighted by atomic mass is 19.1. The second kappa shape index (κ2) is 5.90. The lowest BCUT2D eigenvalue weighted by Gasteiger charge is -2.04. The van der Waals surface area contributed by atoms with Crippen molar-refractivity contribution < 1.29 is 13.9 Å². The van der Waals surface area contributed by atoms with Gasteiger partial charge in [-0.05, 0) is 12.1 Å². The molecule has 0 aliphatic carbocycles. The van der Waals surface area contributed by atoms with Crippen molar-refractivity contribution in [1.82, 2.24) is 5.32 Å². The molecule has 1 amide bonds. The number of carbonyl (C=O) groups excluding carboxylic acids is 1. The standard InChI is InChI=1S/C12H14FNO2/c1-9(15)14-7-3-4-10-5-6-11(13)8-12(10)16-2/h3-6,8H,7H2,1-2H3,(H,14,15).